The van der Waals surface area contributed by atoms with Gasteiger partial charge in [-0.25, -0.2) is 4.98 Å². The monoisotopic (exact) mass is 637 g/mol. The number of amides is 2. The predicted octanol–water partition coefficient (Wildman–Crippen LogP) is 5.33. The highest BCUT2D eigenvalue weighted by atomic mass is 16.6. The summed E-state index contributed by atoms with van der Waals surface area (Å²) >= 11 is 0. The lowest BCUT2D eigenvalue weighted by atomic mass is 10.0. The van der Waals surface area contributed by atoms with Crippen molar-refractivity contribution >= 4 is 34.6 Å². The SMILES string of the molecule is Cc1ccc(C(=O)NCC(=O)c2ccc3nc([C@@H]4CCCN4C(=O)[C@@H](c4ccccc4)N(C)C)[nH]c3c2)cc1CC(=O)OC(C)(C)C. The van der Waals surface area contributed by atoms with Crippen LogP contribution in [0.25, 0.3) is 11.0 Å². The lowest BCUT2D eigenvalue weighted by Gasteiger charge is -2.31. The molecule has 0 unspecified atom stereocenters. The molecule has 2 atom stereocenters. The number of H-pyrrole nitrogens is 1. The molecule has 47 heavy (non-hydrogen) atoms. The number of rotatable bonds is 10. The average Bonchev–Trinajstić information content (AvgIpc) is 3.67. The van der Waals surface area contributed by atoms with Crippen molar-refractivity contribution < 1.29 is 23.9 Å². The fourth-order valence-electron chi connectivity index (χ4n) is 6.03. The number of ether oxygens (including phenoxy) is 1. The Morgan fingerprint density at radius 2 is 1.74 bits per heavy atom. The third-order valence-corrected chi connectivity index (χ3v) is 8.31. The lowest BCUT2D eigenvalue weighted by molar-refractivity contribution is -0.154. The Labute approximate surface area is 275 Å². The number of ketones is 1. The molecule has 2 N–H and O–H groups in total. The van der Waals surface area contributed by atoms with Crippen LogP contribution in [-0.2, 0) is 20.7 Å². The molecule has 3 aromatic carbocycles. The van der Waals surface area contributed by atoms with E-state index in [2.05, 4.69) is 10.3 Å². The standard InChI is InChI=1S/C37H43N5O5/c1-23-14-15-26(19-27(23)21-32(44)47-37(2,3)4)35(45)38-22-31(43)25-16-17-28-29(20-25)40-34(39-28)30-13-10-18-42(30)36(46)33(41(5)6)24-11-8-7-9-12-24/h7-9,11-12,14-17,19-20,30,33H,10,13,18,21-22H2,1-6H3,(H,38,45)(H,39,40)/t30-,33+/m0/s1. The van der Waals surface area contributed by atoms with Crippen LogP contribution in [0, 0.1) is 6.92 Å². The van der Waals surface area contributed by atoms with Gasteiger partial charge in [0.1, 0.15) is 17.5 Å². The first-order chi connectivity index (χ1) is 22.3. The van der Waals surface area contributed by atoms with Crippen LogP contribution >= 0.6 is 0 Å². The van der Waals surface area contributed by atoms with Gasteiger partial charge < -0.3 is 19.9 Å². The van der Waals surface area contributed by atoms with E-state index in [0.29, 0.717) is 40.1 Å². The van der Waals surface area contributed by atoms with Gasteiger partial charge in [0.15, 0.2) is 5.78 Å². The van der Waals surface area contributed by atoms with Crippen LogP contribution in [0.4, 0.5) is 0 Å². The topological polar surface area (TPSA) is 125 Å². The fourth-order valence-corrected chi connectivity index (χ4v) is 6.03. The Morgan fingerprint density at radius 1 is 1.02 bits per heavy atom. The third kappa shape index (κ3) is 7.94. The number of aromatic amines is 1. The first-order valence-corrected chi connectivity index (χ1v) is 15.9. The number of fused-ring (bicyclic) bond motifs is 1. The predicted molar refractivity (Wildman–Crippen MR) is 180 cm³/mol. The Kier molecular flexibility index (Phi) is 9.91. The Balaban J connectivity index is 1.25. The number of nitrogens with one attached hydrogen (secondary N) is 2. The van der Waals surface area contributed by atoms with E-state index in [0.717, 1.165) is 24.0 Å². The second-order valence-electron chi connectivity index (χ2n) is 13.3. The maximum Gasteiger partial charge on any atom is 0.310 e. The number of Topliss-reactive ketones (excluding diaryl/α,β-unsaturated/α-hetero) is 1. The normalized spacial score (nSPS) is 15.6. The summed E-state index contributed by atoms with van der Waals surface area (Å²) in [5.41, 5.74) is 4.08. The highest BCUT2D eigenvalue weighted by Gasteiger charge is 2.37. The van der Waals surface area contributed by atoms with Gasteiger partial charge in [-0.3, -0.25) is 24.1 Å². The molecule has 10 heteroatoms. The molecule has 0 bridgehead atoms. The van der Waals surface area contributed by atoms with Crippen LogP contribution in [0.3, 0.4) is 0 Å². The molecule has 0 spiro atoms. The highest BCUT2D eigenvalue weighted by molar-refractivity contribution is 6.03. The Bertz CT molecular complexity index is 1790. The lowest BCUT2D eigenvalue weighted by Crippen LogP contribution is -2.40. The number of carbonyl (C=O) groups excluding carboxylic acids is 4. The zero-order valence-electron chi connectivity index (χ0n) is 27.9. The molecule has 1 fully saturated rings. The van der Waals surface area contributed by atoms with E-state index < -0.39 is 17.6 Å². The molecule has 0 radical (unpaired) electrons. The summed E-state index contributed by atoms with van der Waals surface area (Å²) in [6.45, 7) is 7.74. The molecule has 5 rings (SSSR count). The number of esters is 1. The second-order valence-corrected chi connectivity index (χ2v) is 13.3. The number of nitrogens with zero attached hydrogens (tertiary/aromatic N) is 3. The number of hydrogen-bond acceptors (Lipinski definition) is 7. The third-order valence-electron chi connectivity index (χ3n) is 8.31. The number of likely N-dealkylation sites (tertiary alicyclic amines) is 1. The Hall–Kier alpha value is -4.83. The van der Waals surface area contributed by atoms with Gasteiger partial charge in [0.2, 0.25) is 5.91 Å². The summed E-state index contributed by atoms with van der Waals surface area (Å²) in [5.74, 6) is -0.321. The van der Waals surface area contributed by atoms with Gasteiger partial charge in [0.25, 0.3) is 5.91 Å². The van der Waals surface area contributed by atoms with E-state index in [9.17, 15) is 19.2 Å². The zero-order valence-corrected chi connectivity index (χ0v) is 27.9. The maximum absolute atomic E-state index is 13.8. The molecule has 1 saturated heterocycles. The van der Waals surface area contributed by atoms with E-state index >= 15 is 0 Å². The van der Waals surface area contributed by atoms with Crippen molar-refractivity contribution in [3.05, 3.63) is 100 Å². The van der Waals surface area contributed by atoms with E-state index in [1.165, 1.54) is 0 Å². The summed E-state index contributed by atoms with van der Waals surface area (Å²) in [4.78, 5) is 64.3. The van der Waals surface area contributed by atoms with Crippen molar-refractivity contribution in [2.45, 2.75) is 64.6 Å². The number of carbonyl (C=O) groups is 4. The molecule has 2 amide bonds. The van der Waals surface area contributed by atoms with Gasteiger partial charge in [0, 0.05) is 17.7 Å². The Morgan fingerprint density at radius 3 is 2.45 bits per heavy atom. The molecule has 0 aliphatic carbocycles. The van der Waals surface area contributed by atoms with Crippen LogP contribution in [0.15, 0.2) is 66.7 Å². The molecule has 1 aliphatic rings. The second kappa shape index (κ2) is 13.9. The molecule has 2 heterocycles. The molecule has 4 aromatic rings. The quantitative estimate of drug-likeness (QED) is 0.178. The molecular weight excluding hydrogens is 594 g/mol. The summed E-state index contributed by atoms with van der Waals surface area (Å²) in [6.07, 6.45) is 1.71. The van der Waals surface area contributed by atoms with Crippen molar-refractivity contribution in [3.63, 3.8) is 0 Å². The number of aromatic nitrogens is 2. The summed E-state index contributed by atoms with van der Waals surface area (Å²) in [7, 11) is 3.82. The van der Waals surface area contributed by atoms with Crippen LogP contribution in [0.2, 0.25) is 0 Å². The van der Waals surface area contributed by atoms with Crippen LogP contribution < -0.4 is 5.32 Å². The van der Waals surface area contributed by atoms with E-state index in [4.69, 9.17) is 9.72 Å². The minimum absolute atomic E-state index is 0.0290. The van der Waals surface area contributed by atoms with Crippen LogP contribution in [0.1, 0.15) is 88.9 Å². The summed E-state index contributed by atoms with van der Waals surface area (Å²) in [6, 6.07) is 19.5. The van der Waals surface area contributed by atoms with Crippen molar-refractivity contribution in [1.82, 2.24) is 25.1 Å². The minimum atomic E-state index is -0.602. The molecule has 246 valence electrons. The van der Waals surface area contributed by atoms with Crippen LogP contribution in [0.5, 0.6) is 0 Å². The van der Waals surface area contributed by atoms with E-state index in [1.54, 1.807) is 36.4 Å². The number of hydrogen-bond donors (Lipinski definition) is 2. The van der Waals surface area contributed by atoms with Crippen molar-refractivity contribution in [3.8, 4) is 0 Å². The van der Waals surface area contributed by atoms with Crippen molar-refractivity contribution in [2.24, 2.45) is 0 Å². The molecule has 10 nitrogen and oxygen atoms in total. The first kappa shape index (κ1) is 33.5. The molecular formula is C37H43N5O5. The van der Waals surface area contributed by atoms with Gasteiger partial charge in [-0.1, -0.05) is 36.4 Å². The number of benzene rings is 3. The minimum Gasteiger partial charge on any atom is -0.460 e. The van der Waals surface area contributed by atoms with Crippen molar-refractivity contribution in [1.29, 1.82) is 0 Å². The molecule has 1 aliphatic heterocycles. The highest BCUT2D eigenvalue weighted by Crippen LogP contribution is 2.35. The fraction of sp³-hybridized carbons (Fsp3) is 0.378. The van der Waals surface area contributed by atoms with E-state index in [-0.39, 0.29) is 36.7 Å². The number of likely N-dealkylation sites (N-methyl/N-ethyl adjacent to an activating group) is 1. The van der Waals surface area contributed by atoms with E-state index in [1.807, 2.05) is 81.9 Å². The number of aryl methyl sites for hydroxylation is 1. The van der Waals surface area contributed by atoms with Gasteiger partial charge in [-0.05, 0) is 102 Å². The van der Waals surface area contributed by atoms with Gasteiger partial charge in [-0.15, -0.1) is 0 Å². The van der Waals surface area contributed by atoms with Crippen molar-refractivity contribution in [2.75, 3.05) is 27.2 Å². The largest absolute Gasteiger partial charge is 0.460 e. The van der Waals surface area contributed by atoms with Gasteiger partial charge >= 0.3 is 5.97 Å². The smallest absolute Gasteiger partial charge is 0.310 e. The van der Waals surface area contributed by atoms with Crippen LogP contribution in [-0.4, -0.2) is 76.1 Å². The average molecular weight is 638 g/mol. The first-order valence-electron chi connectivity index (χ1n) is 15.9. The summed E-state index contributed by atoms with van der Waals surface area (Å²) in [5, 5.41) is 2.71. The number of imidazole rings is 1. The molecule has 0 saturated carbocycles. The van der Waals surface area contributed by atoms with Gasteiger partial charge in [0.05, 0.1) is 30.0 Å². The molecule has 1 aromatic heterocycles. The summed E-state index contributed by atoms with van der Waals surface area (Å²) < 4.78 is 5.43. The van der Waals surface area contributed by atoms with Gasteiger partial charge in [-0.2, -0.15) is 0 Å². The maximum atomic E-state index is 13.8. The zero-order chi connectivity index (χ0) is 33.9.